The van der Waals surface area contributed by atoms with Crippen LogP contribution >= 0.6 is 11.8 Å². The molecular weight excluding hydrogens is 246 g/mol. The van der Waals surface area contributed by atoms with Gasteiger partial charge in [0, 0.05) is 18.4 Å². The van der Waals surface area contributed by atoms with E-state index in [0.717, 1.165) is 25.2 Å². The molecule has 3 rings (SSSR count). The molecule has 18 heavy (non-hydrogen) atoms. The Labute approximate surface area is 113 Å². The highest BCUT2D eigenvalue weighted by Crippen LogP contribution is 2.38. The van der Waals surface area contributed by atoms with Gasteiger partial charge in [-0.15, -0.1) is 0 Å². The molecule has 2 saturated heterocycles. The molecule has 0 saturated carbocycles. The first kappa shape index (κ1) is 12.6. The van der Waals surface area contributed by atoms with Gasteiger partial charge in [-0.25, -0.2) is 0 Å². The molecule has 0 bridgehead atoms. The van der Waals surface area contributed by atoms with Crippen molar-refractivity contribution in [2.24, 2.45) is 0 Å². The van der Waals surface area contributed by atoms with E-state index < -0.39 is 0 Å². The number of rotatable bonds is 3. The fraction of sp³-hybridized carbons (Fsp3) is 0.714. The van der Waals surface area contributed by atoms with E-state index in [1.807, 2.05) is 23.9 Å². The largest absolute Gasteiger partial charge is 0.468 e. The lowest BCUT2D eigenvalue weighted by atomic mass is 9.89. The molecule has 100 valence electrons. The lowest BCUT2D eigenvalue weighted by molar-refractivity contribution is -0.0714. The minimum absolute atomic E-state index is 0.156. The van der Waals surface area contributed by atoms with Crippen molar-refractivity contribution in [2.45, 2.75) is 43.9 Å². The molecule has 2 fully saturated rings. The molecule has 4 heteroatoms. The SMILES string of the molecule is C[C@@H](NC1CCOC2(CCSC2)C1)c1ccco1. The fourth-order valence-corrected chi connectivity index (χ4v) is 4.38. The van der Waals surface area contributed by atoms with Gasteiger partial charge in [-0.3, -0.25) is 0 Å². The Kier molecular flexibility index (Phi) is 3.68. The molecule has 1 aromatic heterocycles. The number of furan rings is 1. The second kappa shape index (κ2) is 5.27. The summed E-state index contributed by atoms with van der Waals surface area (Å²) in [5.74, 6) is 3.44. The number of hydrogen-bond acceptors (Lipinski definition) is 4. The number of nitrogens with one attached hydrogen (secondary N) is 1. The van der Waals surface area contributed by atoms with Gasteiger partial charge in [-0.1, -0.05) is 0 Å². The first-order valence-corrected chi connectivity index (χ1v) is 7.94. The van der Waals surface area contributed by atoms with Gasteiger partial charge in [0.2, 0.25) is 0 Å². The summed E-state index contributed by atoms with van der Waals surface area (Å²) in [6, 6.07) is 4.83. The van der Waals surface area contributed by atoms with Crippen molar-refractivity contribution in [3.63, 3.8) is 0 Å². The number of ether oxygens (including phenoxy) is 1. The lowest BCUT2D eigenvalue weighted by Gasteiger charge is -2.39. The molecule has 0 amide bonds. The number of hydrogen-bond donors (Lipinski definition) is 1. The van der Waals surface area contributed by atoms with Crippen LogP contribution in [-0.4, -0.2) is 29.8 Å². The summed E-state index contributed by atoms with van der Waals surface area (Å²) in [6.45, 7) is 3.06. The normalized spacial score (nSPS) is 33.9. The van der Waals surface area contributed by atoms with Crippen molar-refractivity contribution in [3.05, 3.63) is 24.2 Å². The quantitative estimate of drug-likeness (QED) is 0.913. The standard InChI is InChI=1S/C14H21NO2S/c1-11(13-3-2-6-16-13)15-12-4-7-17-14(9-12)5-8-18-10-14/h2-3,6,11-12,15H,4-5,7-10H2,1H3/t11-,12?,14?/m1/s1. The molecule has 3 heterocycles. The zero-order chi connectivity index (χ0) is 12.4. The predicted octanol–water partition coefficient (Wildman–Crippen LogP) is 2.98. The Hall–Kier alpha value is -0.450. The van der Waals surface area contributed by atoms with Gasteiger partial charge >= 0.3 is 0 Å². The molecule has 3 atom stereocenters. The number of thioether (sulfide) groups is 1. The average Bonchev–Trinajstić information content (AvgIpc) is 3.01. The van der Waals surface area contributed by atoms with Gasteiger partial charge < -0.3 is 14.5 Å². The lowest BCUT2D eigenvalue weighted by Crippen LogP contribution is -2.47. The van der Waals surface area contributed by atoms with Crippen molar-refractivity contribution in [3.8, 4) is 0 Å². The van der Waals surface area contributed by atoms with E-state index in [1.54, 1.807) is 6.26 Å². The highest BCUT2D eigenvalue weighted by Gasteiger charge is 2.40. The monoisotopic (exact) mass is 267 g/mol. The van der Waals surface area contributed by atoms with Crippen LogP contribution in [0.4, 0.5) is 0 Å². The van der Waals surface area contributed by atoms with E-state index in [-0.39, 0.29) is 11.6 Å². The Morgan fingerprint density at radius 2 is 2.50 bits per heavy atom. The predicted molar refractivity (Wildman–Crippen MR) is 73.9 cm³/mol. The molecule has 1 N–H and O–H groups in total. The second-order valence-electron chi connectivity index (χ2n) is 5.43. The summed E-state index contributed by atoms with van der Waals surface area (Å²) in [5.41, 5.74) is 0.156. The van der Waals surface area contributed by atoms with Crippen LogP contribution in [0, 0.1) is 0 Å². The third kappa shape index (κ3) is 2.60. The third-order valence-electron chi connectivity index (χ3n) is 4.02. The van der Waals surface area contributed by atoms with E-state index in [9.17, 15) is 0 Å². The second-order valence-corrected chi connectivity index (χ2v) is 6.53. The topological polar surface area (TPSA) is 34.4 Å². The summed E-state index contributed by atoms with van der Waals surface area (Å²) in [4.78, 5) is 0. The van der Waals surface area contributed by atoms with E-state index in [1.165, 1.54) is 17.9 Å². The summed E-state index contributed by atoms with van der Waals surface area (Å²) >= 11 is 2.03. The maximum absolute atomic E-state index is 6.04. The fourth-order valence-electron chi connectivity index (χ4n) is 3.01. The first-order valence-electron chi connectivity index (χ1n) is 6.79. The van der Waals surface area contributed by atoms with Gasteiger partial charge in [-0.05, 0) is 44.1 Å². The molecule has 0 radical (unpaired) electrons. The summed E-state index contributed by atoms with van der Waals surface area (Å²) in [7, 11) is 0. The van der Waals surface area contributed by atoms with Gasteiger partial charge in [0.25, 0.3) is 0 Å². The Bertz CT molecular complexity index is 373. The smallest absolute Gasteiger partial charge is 0.120 e. The maximum atomic E-state index is 6.04. The summed E-state index contributed by atoms with van der Waals surface area (Å²) < 4.78 is 11.5. The van der Waals surface area contributed by atoms with Crippen LogP contribution in [0.25, 0.3) is 0 Å². The Morgan fingerprint density at radius 1 is 1.56 bits per heavy atom. The molecule has 0 aliphatic carbocycles. The zero-order valence-electron chi connectivity index (χ0n) is 10.9. The van der Waals surface area contributed by atoms with E-state index in [0.29, 0.717) is 6.04 Å². The van der Waals surface area contributed by atoms with Gasteiger partial charge in [0.15, 0.2) is 0 Å². The third-order valence-corrected chi connectivity index (χ3v) is 5.24. The van der Waals surface area contributed by atoms with E-state index in [2.05, 4.69) is 12.2 Å². The molecule has 2 aliphatic heterocycles. The molecule has 3 nitrogen and oxygen atoms in total. The van der Waals surface area contributed by atoms with Crippen LogP contribution < -0.4 is 5.32 Å². The molecule has 0 aromatic carbocycles. The van der Waals surface area contributed by atoms with Gasteiger partial charge in [0.1, 0.15) is 5.76 Å². The molecular formula is C14H21NO2S. The zero-order valence-corrected chi connectivity index (χ0v) is 11.7. The van der Waals surface area contributed by atoms with Crippen LogP contribution in [0.1, 0.15) is 38.0 Å². The van der Waals surface area contributed by atoms with Crippen molar-refractivity contribution in [1.82, 2.24) is 5.32 Å². The molecule has 2 aliphatic rings. The molecule has 2 unspecified atom stereocenters. The Morgan fingerprint density at radius 3 is 3.22 bits per heavy atom. The Balaban J connectivity index is 1.59. The van der Waals surface area contributed by atoms with Crippen molar-refractivity contribution in [1.29, 1.82) is 0 Å². The van der Waals surface area contributed by atoms with Crippen LogP contribution in [0.3, 0.4) is 0 Å². The first-order chi connectivity index (χ1) is 8.77. The van der Waals surface area contributed by atoms with Crippen LogP contribution in [0.15, 0.2) is 22.8 Å². The summed E-state index contributed by atoms with van der Waals surface area (Å²) in [6.07, 6.45) is 5.21. The minimum atomic E-state index is 0.156. The minimum Gasteiger partial charge on any atom is -0.468 e. The van der Waals surface area contributed by atoms with Crippen LogP contribution in [0.5, 0.6) is 0 Å². The van der Waals surface area contributed by atoms with Crippen LogP contribution in [-0.2, 0) is 4.74 Å². The summed E-state index contributed by atoms with van der Waals surface area (Å²) in [5, 5.41) is 3.69. The average molecular weight is 267 g/mol. The highest BCUT2D eigenvalue weighted by atomic mass is 32.2. The van der Waals surface area contributed by atoms with Crippen molar-refractivity contribution >= 4 is 11.8 Å². The maximum Gasteiger partial charge on any atom is 0.120 e. The van der Waals surface area contributed by atoms with Crippen LogP contribution in [0.2, 0.25) is 0 Å². The van der Waals surface area contributed by atoms with E-state index in [4.69, 9.17) is 9.15 Å². The highest BCUT2D eigenvalue weighted by molar-refractivity contribution is 7.99. The van der Waals surface area contributed by atoms with Gasteiger partial charge in [-0.2, -0.15) is 11.8 Å². The molecule has 1 aromatic rings. The molecule has 1 spiro atoms. The van der Waals surface area contributed by atoms with E-state index >= 15 is 0 Å². The van der Waals surface area contributed by atoms with Gasteiger partial charge in [0.05, 0.1) is 17.9 Å². The van der Waals surface area contributed by atoms with Crippen molar-refractivity contribution < 1.29 is 9.15 Å². The van der Waals surface area contributed by atoms with Crippen molar-refractivity contribution in [2.75, 3.05) is 18.1 Å².